The van der Waals surface area contributed by atoms with E-state index in [1.807, 2.05) is 50.3 Å². The lowest BCUT2D eigenvalue weighted by Gasteiger charge is -2.29. The standard InChI is InChI=1S/C49H74N10O12/c1-10-26(2)24-37-46(66)59-40(48(69)70)30(6)42(62)56-35(17-14-22-52-49(50)51)45(65)55-34(19-18-27(3)23-28(4)38(71-9)25-33-15-12-11-13-16-33)29(5)41(61)57-36(47(67)68)20-21-39(60)53-31(7)43(63)54-32(8)44(64)58-37/h11-13,15-16,18-19,23,26,28-30,32,34-38,40H,7,10,14,17,20-22,24-25H2,1-6,8-9H3,(H,53,60)(H,54,63)(H,55,65)(H,56,62)(H,57,61)(H,58,64)(H,59,66)(H,67,68)(H,69,70)(H4,50,51,52). The number of nitrogens with zero attached hydrogens (tertiary/aromatic N) is 1. The molecule has 1 fully saturated rings. The second kappa shape index (κ2) is 29.8. The molecule has 2 rings (SSSR count). The van der Waals surface area contributed by atoms with Crippen LogP contribution in [0.15, 0.2) is 71.4 Å². The number of benzene rings is 1. The number of nitrogens with two attached hydrogens (primary N) is 2. The maximum absolute atomic E-state index is 14.4. The first-order valence-electron chi connectivity index (χ1n) is 23.6. The first-order valence-corrected chi connectivity index (χ1v) is 23.6. The zero-order valence-corrected chi connectivity index (χ0v) is 41.9. The zero-order chi connectivity index (χ0) is 53.5. The number of carbonyl (C=O) groups excluding carboxylic acids is 7. The Morgan fingerprint density at radius 2 is 1.46 bits per heavy atom. The van der Waals surface area contributed by atoms with Crippen molar-refractivity contribution < 1.29 is 58.1 Å². The normalized spacial score (nSPS) is 25.5. The Kier molecular flexibility index (Phi) is 25.2. The summed E-state index contributed by atoms with van der Waals surface area (Å²) in [5, 5.41) is 37.7. The molecule has 0 aliphatic carbocycles. The Bertz CT molecular complexity index is 2140. The summed E-state index contributed by atoms with van der Waals surface area (Å²) in [5.41, 5.74) is 12.3. The molecule has 1 aliphatic heterocycles. The van der Waals surface area contributed by atoms with Gasteiger partial charge in [0.2, 0.25) is 35.4 Å². The number of carbonyl (C=O) groups is 9. The predicted octanol–water partition coefficient (Wildman–Crippen LogP) is 0.666. The fraction of sp³-hybridized carbons (Fsp3) is 0.551. The highest BCUT2D eigenvalue weighted by Gasteiger charge is 2.37. The number of hydrogen-bond acceptors (Lipinski definition) is 11. The molecule has 1 aliphatic rings. The number of aliphatic carboxylic acids is 2. The minimum absolute atomic E-state index is 0.0245. The Morgan fingerprint density at radius 1 is 0.845 bits per heavy atom. The van der Waals surface area contributed by atoms with Crippen LogP contribution in [0.4, 0.5) is 0 Å². The van der Waals surface area contributed by atoms with E-state index in [2.05, 4.69) is 48.8 Å². The summed E-state index contributed by atoms with van der Waals surface area (Å²) in [6.45, 7) is 14.9. The minimum Gasteiger partial charge on any atom is -0.480 e. The monoisotopic (exact) mass is 995 g/mol. The molecular weight excluding hydrogens is 921 g/mol. The highest BCUT2D eigenvalue weighted by atomic mass is 16.5. The number of guanidine groups is 1. The van der Waals surface area contributed by atoms with Crippen LogP contribution in [-0.2, 0) is 54.3 Å². The van der Waals surface area contributed by atoms with Crippen LogP contribution < -0.4 is 48.7 Å². The number of nitrogens with one attached hydrogen (secondary N) is 7. The van der Waals surface area contributed by atoms with Gasteiger partial charge < -0.3 is 63.6 Å². The second-order valence-electron chi connectivity index (χ2n) is 18.0. The molecule has 11 unspecified atom stereocenters. The average molecular weight is 995 g/mol. The van der Waals surface area contributed by atoms with Gasteiger partial charge in [0.05, 0.1) is 29.7 Å². The molecule has 0 spiro atoms. The molecule has 0 aromatic heterocycles. The largest absolute Gasteiger partial charge is 0.480 e. The number of amides is 7. The fourth-order valence-electron chi connectivity index (χ4n) is 7.38. The molecule has 22 heteroatoms. The van der Waals surface area contributed by atoms with Crippen molar-refractivity contribution in [3.8, 4) is 0 Å². The van der Waals surface area contributed by atoms with E-state index in [9.17, 15) is 53.4 Å². The summed E-state index contributed by atoms with van der Waals surface area (Å²) in [4.78, 5) is 124. The summed E-state index contributed by atoms with van der Waals surface area (Å²) in [6.07, 6.45) is 5.18. The van der Waals surface area contributed by atoms with Gasteiger partial charge in [0.15, 0.2) is 5.96 Å². The summed E-state index contributed by atoms with van der Waals surface area (Å²) < 4.78 is 5.81. The number of ether oxygens (including phenoxy) is 1. The van der Waals surface area contributed by atoms with E-state index in [-0.39, 0.29) is 49.7 Å². The van der Waals surface area contributed by atoms with Crippen LogP contribution in [-0.4, -0.2) is 125 Å². The molecule has 22 nitrogen and oxygen atoms in total. The lowest BCUT2D eigenvalue weighted by Crippen LogP contribution is -2.59. The highest BCUT2D eigenvalue weighted by Crippen LogP contribution is 2.19. The molecule has 0 saturated carbocycles. The van der Waals surface area contributed by atoms with Crippen LogP contribution in [0.2, 0.25) is 0 Å². The van der Waals surface area contributed by atoms with Crippen molar-refractivity contribution in [2.24, 2.45) is 40.1 Å². The predicted molar refractivity (Wildman–Crippen MR) is 264 cm³/mol. The summed E-state index contributed by atoms with van der Waals surface area (Å²) in [6, 6.07) is 0.997. The van der Waals surface area contributed by atoms with Crippen LogP contribution >= 0.6 is 0 Å². The number of aliphatic imine (C=N–C) groups is 1. The van der Waals surface area contributed by atoms with E-state index in [0.29, 0.717) is 18.4 Å². The third-order valence-corrected chi connectivity index (χ3v) is 12.1. The average Bonchev–Trinajstić information content (AvgIpc) is 3.31. The number of hydrogen-bond donors (Lipinski definition) is 11. The van der Waals surface area contributed by atoms with Crippen molar-refractivity contribution in [3.05, 3.63) is 72.0 Å². The molecule has 1 aromatic rings. The van der Waals surface area contributed by atoms with Gasteiger partial charge in [-0.1, -0.05) is 102 Å². The number of methoxy groups -OCH3 is 1. The van der Waals surface area contributed by atoms with Gasteiger partial charge in [-0.2, -0.15) is 0 Å². The van der Waals surface area contributed by atoms with E-state index in [1.165, 1.54) is 26.8 Å². The first-order chi connectivity index (χ1) is 33.4. The minimum atomic E-state index is -1.88. The molecule has 0 bridgehead atoms. The summed E-state index contributed by atoms with van der Waals surface area (Å²) in [7, 11) is 1.61. The molecule has 7 amide bonds. The van der Waals surface area contributed by atoms with E-state index in [1.54, 1.807) is 27.0 Å². The van der Waals surface area contributed by atoms with Crippen LogP contribution in [0.3, 0.4) is 0 Å². The first kappa shape index (κ1) is 60.0. The maximum atomic E-state index is 14.4. The number of allylic oxidation sites excluding steroid dienone is 2. The molecule has 1 saturated heterocycles. The van der Waals surface area contributed by atoms with E-state index >= 15 is 0 Å². The Labute approximate surface area is 415 Å². The highest BCUT2D eigenvalue weighted by molar-refractivity contribution is 6.00. The maximum Gasteiger partial charge on any atom is 0.327 e. The number of rotatable bonds is 16. The van der Waals surface area contributed by atoms with Gasteiger partial charge in [0.25, 0.3) is 5.91 Å². The molecule has 0 radical (unpaired) electrons. The molecule has 11 atom stereocenters. The third kappa shape index (κ3) is 20.8. The Morgan fingerprint density at radius 3 is 2.06 bits per heavy atom. The van der Waals surface area contributed by atoms with Crippen molar-refractivity contribution in [3.63, 3.8) is 0 Å². The van der Waals surface area contributed by atoms with Gasteiger partial charge in [-0.05, 0) is 57.4 Å². The van der Waals surface area contributed by atoms with Crippen molar-refractivity contribution in [1.82, 2.24) is 37.2 Å². The molecule has 71 heavy (non-hydrogen) atoms. The van der Waals surface area contributed by atoms with Crippen molar-refractivity contribution in [2.45, 2.75) is 136 Å². The third-order valence-electron chi connectivity index (χ3n) is 12.1. The van der Waals surface area contributed by atoms with Crippen LogP contribution in [0, 0.1) is 23.7 Å². The lowest BCUT2D eigenvalue weighted by atomic mass is 9.94. The molecular formula is C49H74N10O12. The SMILES string of the molecule is C=C1NC(=O)CCC(C(=O)O)NC(=O)C(C)C(C=CC(C)=CC(C)C(Cc2ccccc2)OC)NC(=O)C(CCCN=C(N)N)NC(=O)C(C)C(C(=O)O)NC(=O)C(CC(C)CC)NC(=O)C(C)NC1=O. The number of carboxylic acid groups (broad SMARTS) is 2. The summed E-state index contributed by atoms with van der Waals surface area (Å²) in [5.74, 6) is -12.6. The van der Waals surface area contributed by atoms with E-state index < -0.39 is 120 Å². The zero-order valence-electron chi connectivity index (χ0n) is 41.9. The van der Waals surface area contributed by atoms with Crippen LogP contribution in [0.1, 0.15) is 92.6 Å². The second-order valence-corrected chi connectivity index (χ2v) is 18.0. The van der Waals surface area contributed by atoms with Gasteiger partial charge in [0.1, 0.15) is 30.2 Å². The van der Waals surface area contributed by atoms with Gasteiger partial charge in [0, 0.05) is 26.0 Å². The topological polar surface area (TPSA) is 352 Å². The summed E-state index contributed by atoms with van der Waals surface area (Å²) >= 11 is 0. The molecule has 1 heterocycles. The number of carboxylic acids is 2. The lowest BCUT2D eigenvalue weighted by molar-refractivity contribution is -0.146. The molecule has 1 aromatic carbocycles. The molecule has 392 valence electrons. The van der Waals surface area contributed by atoms with E-state index in [4.69, 9.17) is 16.2 Å². The van der Waals surface area contributed by atoms with Gasteiger partial charge in [-0.15, -0.1) is 0 Å². The van der Waals surface area contributed by atoms with Gasteiger partial charge in [-0.3, -0.25) is 38.6 Å². The Balaban J connectivity index is 2.71. The van der Waals surface area contributed by atoms with Crippen LogP contribution in [0.25, 0.3) is 0 Å². The van der Waals surface area contributed by atoms with Crippen LogP contribution in [0.5, 0.6) is 0 Å². The smallest absolute Gasteiger partial charge is 0.327 e. The van der Waals surface area contributed by atoms with Gasteiger partial charge >= 0.3 is 11.9 Å². The fourth-order valence-corrected chi connectivity index (χ4v) is 7.38. The van der Waals surface area contributed by atoms with Crippen molar-refractivity contribution in [2.75, 3.05) is 13.7 Å². The van der Waals surface area contributed by atoms with Gasteiger partial charge in [-0.25, -0.2) is 9.59 Å². The van der Waals surface area contributed by atoms with Crippen molar-refractivity contribution in [1.29, 1.82) is 0 Å². The van der Waals surface area contributed by atoms with Crippen molar-refractivity contribution >= 4 is 59.2 Å². The van der Waals surface area contributed by atoms with E-state index in [0.717, 1.165) is 5.56 Å². The quantitative estimate of drug-likeness (QED) is 0.0357. The molecule has 13 N–H and O–H groups in total. The Hall–Kier alpha value is -7.10.